The molecule has 1 amide bonds. The first-order valence-corrected chi connectivity index (χ1v) is 10.4. The summed E-state index contributed by atoms with van der Waals surface area (Å²) < 4.78 is 6.15. The number of carbonyl (C=O) groups excluding carboxylic acids is 2. The molecule has 0 bridgehead atoms. The molecule has 3 rings (SSSR count). The van der Waals surface area contributed by atoms with Gasteiger partial charge in [0.2, 0.25) is 0 Å². The van der Waals surface area contributed by atoms with Crippen LogP contribution in [0.4, 0.5) is 5.69 Å². The van der Waals surface area contributed by atoms with Crippen molar-refractivity contribution in [3.63, 3.8) is 0 Å². The molecular formula is C22H22Cl2N2O5. The number of hydrogen-bond donors (Lipinski definition) is 2. The molecule has 1 aliphatic rings. The van der Waals surface area contributed by atoms with Crippen molar-refractivity contribution in [3.05, 3.63) is 63.6 Å². The van der Waals surface area contributed by atoms with E-state index in [0.29, 0.717) is 26.9 Å². The molecule has 0 saturated carbocycles. The number of ether oxygens (including phenoxy) is 1. The Hall–Kier alpha value is -2.45. The molecule has 7 nitrogen and oxygen atoms in total. The standard InChI is InChI=1S/C22H22Cl2N2O5/c1-11(2)26-16-8-7-12(23)9-14(16)20(13-5-3-4-6-15(13)24)31-18(21(26)28)10-17(27)19(25)22(29)30/h3-9,11,18-20H,10,25H2,1-2H3,(H,29,30). The van der Waals surface area contributed by atoms with Gasteiger partial charge in [-0.2, -0.15) is 0 Å². The highest BCUT2D eigenvalue weighted by molar-refractivity contribution is 6.31. The summed E-state index contributed by atoms with van der Waals surface area (Å²) in [5, 5.41) is 9.92. The van der Waals surface area contributed by atoms with E-state index in [4.69, 9.17) is 38.8 Å². The van der Waals surface area contributed by atoms with Gasteiger partial charge in [0.15, 0.2) is 11.8 Å². The third-order valence-electron chi connectivity index (χ3n) is 5.05. The van der Waals surface area contributed by atoms with Gasteiger partial charge in [0.05, 0.1) is 5.69 Å². The lowest BCUT2D eigenvalue weighted by atomic mass is 9.99. The summed E-state index contributed by atoms with van der Waals surface area (Å²) in [5.41, 5.74) is 7.24. The van der Waals surface area contributed by atoms with Crippen LogP contribution in [0, 0.1) is 0 Å². The number of anilines is 1. The number of carbonyl (C=O) groups is 3. The fourth-order valence-corrected chi connectivity index (χ4v) is 3.98. The number of carboxylic acid groups (broad SMARTS) is 1. The van der Waals surface area contributed by atoms with Crippen molar-refractivity contribution < 1.29 is 24.2 Å². The minimum atomic E-state index is -1.75. The lowest BCUT2D eigenvalue weighted by Crippen LogP contribution is -2.47. The monoisotopic (exact) mass is 464 g/mol. The molecule has 0 radical (unpaired) electrons. The van der Waals surface area contributed by atoms with Crippen molar-refractivity contribution in [2.75, 3.05) is 4.90 Å². The first-order chi connectivity index (χ1) is 14.6. The number of fused-ring (bicyclic) bond motifs is 1. The predicted octanol–water partition coefficient (Wildman–Crippen LogP) is 3.59. The summed E-state index contributed by atoms with van der Waals surface area (Å²) in [7, 11) is 0. The van der Waals surface area contributed by atoms with Crippen LogP contribution in [0.25, 0.3) is 0 Å². The van der Waals surface area contributed by atoms with E-state index in [2.05, 4.69) is 0 Å². The largest absolute Gasteiger partial charge is 0.480 e. The first-order valence-electron chi connectivity index (χ1n) is 9.65. The zero-order valence-corrected chi connectivity index (χ0v) is 18.4. The topological polar surface area (TPSA) is 110 Å². The van der Waals surface area contributed by atoms with Crippen molar-refractivity contribution in [1.82, 2.24) is 0 Å². The second kappa shape index (κ2) is 9.36. The molecule has 2 aromatic carbocycles. The summed E-state index contributed by atoms with van der Waals surface area (Å²) in [4.78, 5) is 38.5. The number of aliphatic carboxylic acids is 1. The van der Waals surface area contributed by atoms with Gasteiger partial charge in [-0.25, -0.2) is 0 Å². The van der Waals surface area contributed by atoms with Crippen LogP contribution in [-0.2, 0) is 19.1 Å². The van der Waals surface area contributed by atoms with Crippen LogP contribution in [0.3, 0.4) is 0 Å². The lowest BCUT2D eigenvalue weighted by molar-refractivity contribution is -0.145. The van der Waals surface area contributed by atoms with Crippen LogP contribution in [-0.4, -0.2) is 41.0 Å². The van der Waals surface area contributed by atoms with Gasteiger partial charge >= 0.3 is 5.97 Å². The van der Waals surface area contributed by atoms with Gasteiger partial charge < -0.3 is 20.5 Å². The summed E-state index contributed by atoms with van der Waals surface area (Å²) in [6.07, 6.45) is -2.56. The molecule has 0 spiro atoms. The Morgan fingerprint density at radius 1 is 1.16 bits per heavy atom. The molecule has 9 heteroatoms. The fourth-order valence-electron chi connectivity index (χ4n) is 3.57. The van der Waals surface area contributed by atoms with E-state index in [1.54, 1.807) is 42.5 Å². The molecule has 0 saturated heterocycles. The van der Waals surface area contributed by atoms with Gasteiger partial charge in [0.1, 0.15) is 12.2 Å². The summed E-state index contributed by atoms with van der Waals surface area (Å²) in [5.74, 6) is -2.75. The lowest BCUT2D eigenvalue weighted by Gasteiger charge is -2.28. The number of benzene rings is 2. The van der Waals surface area contributed by atoms with Crippen LogP contribution in [0.1, 0.15) is 37.5 Å². The quantitative estimate of drug-likeness (QED) is 0.631. The van der Waals surface area contributed by atoms with Crippen molar-refractivity contribution in [1.29, 1.82) is 0 Å². The Labute approximate surface area is 189 Å². The summed E-state index contributed by atoms with van der Waals surface area (Å²) in [6.45, 7) is 3.65. The number of nitrogens with zero attached hydrogens (tertiary/aromatic N) is 1. The molecule has 0 aliphatic carbocycles. The first kappa shape index (κ1) is 23.2. The minimum Gasteiger partial charge on any atom is -0.480 e. The van der Waals surface area contributed by atoms with Crippen molar-refractivity contribution in [2.24, 2.45) is 5.73 Å². The average Bonchev–Trinajstić information content (AvgIpc) is 2.82. The Morgan fingerprint density at radius 2 is 1.84 bits per heavy atom. The third-order valence-corrected chi connectivity index (χ3v) is 5.63. The van der Waals surface area contributed by atoms with Crippen molar-refractivity contribution in [3.8, 4) is 0 Å². The maximum absolute atomic E-state index is 13.4. The molecule has 0 fully saturated rings. The third kappa shape index (κ3) is 4.75. The molecule has 2 aromatic rings. The van der Waals surface area contributed by atoms with Crippen molar-refractivity contribution in [2.45, 2.75) is 44.6 Å². The molecule has 3 unspecified atom stereocenters. The Morgan fingerprint density at radius 3 is 2.45 bits per heavy atom. The van der Waals surface area contributed by atoms with Crippen LogP contribution in [0.5, 0.6) is 0 Å². The molecule has 1 aliphatic heterocycles. The number of ketones is 1. The Balaban J connectivity index is 2.15. The number of amides is 1. The highest BCUT2D eigenvalue weighted by atomic mass is 35.5. The smallest absolute Gasteiger partial charge is 0.328 e. The van der Waals surface area contributed by atoms with Gasteiger partial charge in [0.25, 0.3) is 5.91 Å². The van der Waals surface area contributed by atoms with E-state index in [1.807, 2.05) is 13.8 Å². The van der Waals surface area contributed by atoms with Crippen LogP contribution >= 0.6 is 23.2 Å². The number of carboxylic acids is 1. The van der Waals surface area contributed by atoms with E-state index in [-0.39, 0.29) is 6.04 Å². The number of halogens is 2. The minimum absolute atomic E-state index is 0.272. The molecule has 0 aromatic heterocycles. The van der Waals surface area contributed by atoms with Gasteiger partial charge in [-0.15, -0.1) is 0 Å². The second-order valence-corrected chi connectivity index (χ2v) is 8.36. The zero-order valence-electron chi connectivity index (χ0n) is 16.9. The van der Waals surface area contributed by atoms with Crippen LogP contribution in [0.2, 0.25) is 10.0 Å². The molecule has 164 valence electrons. The average molecular weight is 465 g/mol. The number of Topliss-reactive ketones (excluding diaryl/α,β-unsaturated/α-hetero) is 1. The molecule has 3 atom stereocenters. The number of hydrogen-bond acceptors (Lipinski definition) is 5. The number of rotatable bonds is 6. The van der Waals surface area contributed by atoms with Crippen molar-refractivity contribution >= 4 is 46.5 Å². The van der Waals surface area contributed by atoms with E-state index < -0.39 is 42.3 Å². The predicted molar refractivity (Wildman–Crippen MR) is 117 cm³/mol. The van der Waals surface area contributed by atoms with E-state index in [1.165, 1.54) is 4.90 Å². The molecule has 3 N–H and O–H groups in total. The maximum Gasteiger partial charge on any atom is 0.328 e. The maximum atomic E-state index is 13.4. The molecule has 31 heavy (non-hydrogen) atoms. The highest BCUT2D eigenvalue weighted by Gasteiger charge is 2.40. The zero-order chi connectivity index (χ0) is 22.9. The van der Waals surface area contributed by atoms with Crippen LogP contribution < -0.4 is 10.6 Å². The Bertz CT molecular complexity index is 1030. The van der Waals surface area contributed by atoms with Gasteiger partial charge in [-0.05, 0) is 38.1 Å². The highest BCUT2D eigenvalue weighted by Crippen LogP contribution is 2.42. The number of nitrogens with two attached hydrogens (primary N) is 1. The normalized spacial score (nSPS) is 19.7. The van der Waals surface area contributed by atoms with Gasteiger partial charge in [-0.3, -0.25) is 14.4 Å². The summed E-state index contributed by atoms with van der Waals surface area (Å²) in [6, 6.07) is 10.1. The van der Waals surface area contributed by atoms with E-state index in [9.17, 15) is 14.4 Å². The summed E-state index contributed by atoms with van der Waals surface area (Å²) >= 11 is 12.7. The second-order valence-electron chi connectivity index (χ2n) is 7.52. The fraction of sp³-hybridized carbons (Fsp3) is 0.318. The van der Waals surface area contributed by atoms with Gasteiger partial charge in [0, 0.05) is 33.6 Å². The molecular weight excluding hydrogens is 443 g/mol. The van der Waals surface area contributed by atoms with E-state index in [0.717, 1.165) is 0 Å². The van der Waals surface area contributed by atoms with Gasteiger partial charge in [-0.1, -0.05) is 41.4 Å². The molecule has 1 heterocycles. The van der Waals surface area contributed by atoms with E-state index >= 15 is 0 Å². The Kier molecular flexibility index (Phi) is 7.01. The van der Waals surface area contributed by atoms with Crippen LogP contribution in [0.15, 0.2) is 42.5 Å². The SMILES string of the molecule is CC(C)N1C(=O)C(CC(=O)C(N)C(=O)O)OC(c2ccccc2Cl)c2cc(Cl)ccc21.